The number of carbonyl (C=O) groups is 1. The van der Waals surface area contributed by atoms with Gasteiger partial charge in [0.25, 0.3) is 5.91 Å². The van der Waals surface area contributed by atoms with Crippen LogP contribution in [0.4, 0.5) is 0 Å². The van der Waals surface area contributed by atoms with Gasteiger partial charge in [-0.3, -0.25) is 14.8 Å². The second kappa shape index (κ2) is 9.19. The quantitative estimate of drug-likeness (QED) is 0.333. The highest BCUT2D eigenvalue weighted by Gasteiger charge is 2.14. The van der Waals surface area contributed by atoms with Crippen molar-refractivity contribution in [2.45, 2.75) is 20.4 Å². The molecule has 6 heteroatoms. The average Bonchev–Trinajstić information content (AvgIpc) is 3.39. The summed E-state index contributed by atoms with van der Waals surface area (Å²) in [6, 6.07) is 19.1. The van der Waals surface area contributed by atoms with E-state index in [1.807, 2.05) is 68.4 Å². The number of nitrogens with zero attached hydrogens (tertiary/aromatic N) is 2. The number of aromatic nitrogens is 2. The van der Waals surface area contributed by atoms with Gasteiger partial charge in [-0.15, -0.1) is 0 Å². The third-order valence-corrected chi connectivity index (χ3v) is 5.70. The summed E-state index contributed by atoms with van der Waals surface area (Å²) in [5.41, 5.74) is 5.98. The van der Waals surface area contributed by atoms with E-state index in [2.05, 4.69) is 15.3 Å². The molecule has 168 valence electrons. The number of aryl methyl sites for hydroxylation is 1. The van der Waals surface area contributed by atoms with Gasteiger partial charge in [0.15, 0.2) is 0 Å². The maximum Gasteiger partial charge on any atom is 0.251 e. The number of pyridine rings is 2. The largest absolute Gasteiger partial charge is 0.472 e. The molecule has 0 saturated heterocycles. The lowest BCUT2D eigenvalue weighted by Gasteiger charge is -2.14. The van der Waals surface area contributed by atoms with Gasteiger partial charge >= 0.3 is 0 Å². The van der Waals surface area contributed by atoms with Gasteiger partial charge in [-0.1, -0.05) is 12.1 Å². The molecule has 2 aromatic carbocycles. The molecule has 0 fully saturated rings. The average molecular weight is 450 g/mol. The molecule has 0 aliphatic rings. The highest BCUT2D eigenvalue weighted by atomic mass is 16.5. The maximum atomic E-state index is 13.0. The number of nitrogens with one attached hydrogen (secondary N) is 1. The van der Waals surface area contributed by atoms with E-state index >= 15 is 0 Å². The number of furan rings is 1. The summed E-state index contributed by atoms with van der Waals surface area (Å²) in [5.74, 6) is 1.17. The molecule has 0 saturated carbocycles. The van der Waals surface area contributed by atoms with Crippen molar-refractivity contribution in [2.75, 3.05) is 0 Å². The Morgan fingerprint density at radius 2 is 1.85 bits per heavy atom. The number of hydrogen-bond donors (Lipinski definition) is 1. The van der Waals surface area contributed by atoms with Crippen LogP contribution in [0.5, 0.6) is 11.5 Å². The normalized spacial score (nSPS) is 10.9. The Hall–Kier alpha value is -4.45. The van der Waals surface area contributed by atoms with Crippen LogP contribution in [0, 0.1) is 13.8 Å². The zero-order valence-corrected chi connectivity index (χ0v) is 18.9. The number of carbonyl (C=O) groups excluding carboxylic acids is 1. The topological polar surface area (TPSA) is 77.2 Å². The predicted molar refractivity (Wildman–Crippen MR) is 131 cm³/mol. The summed E-state index contributed by atoms with van der Waals surface area (Å²) in [6.07, 6.45) is 6.71. The fourth-order valence-corrected chi connectivity index (χ4v) is 3.84. The minimum atomic E-state index is -0.167. The molecule has 0 atom stereocenters. The molecule has 3 aromatic heterocycles. The number of fused-ring (bicyclic) bond motifs is 1. The van der Waals surface area contributed by atoms with Crippen LogP contribution in [-0.4, -0.2) is 15.9 Å². The summed E-state index contributed by atoms with van der Waals surface area (Å²) in [7, 11) is 0. The van der Waals surface area contributed by atoms with Crippen molar-refractivity contribution in [3.63, 3.8) is 0 Å². The summed E-state index contributed by atoms with van der Waals surface area (Å²) >= 11 is 0. The zero-order valence-electron chi connectivity index (χ0n) is 18.9. The van der Waals surface area contributed by atoms with Crippen LogP contribution in [0.15, 0.2) is 90.0 Å². The lowest BCUT2D eigenvalue weighted by molar-refractivity contribution is 0.0950. The minimum absolute atomic E-state index is 0.167. The Kier molecular flexibility index (Phi) is 5.79. The molecule has 0 aliphatic heterocycles. The van der Waals surface area contributed by atoms with Crippen molar-refractivity contribution >= 4 is 16.8 Å². The smallest absolute Gasteiger partial charge is 0.251 e. The van der Waals surface area contributed by atoms with Crippen molar-refractivity contribution < 1.29 is 13.9 Å². The summed E-state index contributed by atoms with van der Waals surface area (Å²) < 4.78 is 11.4. The monoisotopic (exact) mass is 449 g/mol. The fourth-order valence-electron chi connectivity index (χ4n) is 3.84. The number of benzene rings is 2. The summed E-state index contributed by atoms with van der Waals surface area (Å²) in [5, 5.41) is 3.92. The number of rotatable bonds is 6. The Bertz CT molecular complexity index is 1480. The molecular formula is C28H23N3O3. The third kappa shape index (κ3) is 4.38. The van der Waals surface area contributed by atoms with E-state index in [-0.39, 0.29) is 5.91 Å². The van der Waals surface area contributed by atoms with Crippen LogP contribution in [0.1, 0.15) is 27.0 Å². The van der Waals surface area contributed by atoms with Gasteiger partial charge in [-0.25, -0.2) is 0 Å². The first kappa shape index (κ1) is 21.4. The maximum absolute atomic E-state index is 13.0. The first-order valence-corrected chi connectivity index (χ1v) is 11.0. The van der Waals surface area contributed by atoms with Gasteiger partial charge in [0.2, 0.25) is 0 Å². The highest BCUT2D eigenvalue weighted by Crippen LogP contribution is 2.32. The molecule has 34 heavy (non-hydrogen) atoms. The van der Waals surface area contributed by atoms with E-state index < -0.39 is 0 Å². The summed E-state index contributed by atoms with van der Waals surface area (Å²) in [4.78, 5) is 21.8. The van der Waals surface area contributed by atoms with Gasteiger partial charge in [0.1, 0.15) is 11.5 Å². The van der Waals surface area contributed by atoms with Crippen LogP contribution >= 0.6 is 0 Å². The standard InChI is InChI=1S/C28H23N3O3/c1-18-6-7-23-25(14-18)30-12-9-27(23)34-26-5-3-4-22(19(26)2)28(32)31-16-20-8-11-29-24(15-20)21-10-13-33-17-21/h3-15,17H,16H2,1-2H3,(H,31,32). The van der Waals surface area contributed by atoms with Gasteiger partial charge in [-0.05, 0) is 73.5 Å². The van der Waals surface area contributed by atoms with Crippen molar-refractivity contribution in [2.24, 2.45) is 0 Å². The van der Waals surface area contributed by atoms with E-state index in [9.17, 15) is 4.79 Å². The molecular weight excluding hydrogens is 426 g/mol. The molecule has 5 rings (SSSR count). The number of amides is 1. The van der Waals surface area contributed by atoms with Crippen LogP contribution in [0.25, 0.3) is 22.2 Å². The van der Waals surface area contributed by atoms with Crippen molar-refractivity contribution in [1.29, 1.82) is 0 Å². The molecule has 0 radical (unpaired) electrons. The Morgan fingerprint density at radius 1 is 0.971 bits per heavy atom. The lowest BCUT2D eigenvalue weighted by Crippen LogP contribution is -2.23. The molecule has 3 heterocycles. The Morgan fingerprint density at radius 3 is 2.71 bits per heavy atom. The molecule has 0 aliphatic carbocycles. The van der Waals surface area contributed by atoms with Crippen molar-refractivity contribution in [1.82, 2.24) is 15.3 Å². The minimum Gasteiger partial charge on any atom is -0.472 e. The van der Waals surface area contributed by atoms with Gasteiger partial charge in [0.05, 0.1) is 23.7 Å². The predicted octanol–water partition coefficient (Wildman–Crippen LogP) is 6.23. The molecule has 5 aromatic rings. The molecule has 1 N–H and O–H groups in total. The van der Waals surface area contributed by atoms with Crippen molar-refractivity contribution in [3.8, 4) is 22.8 Å². The molecule has 0 bridgehead atoms. The van der Waals surface area contributed by atoms with Gasteiger partial charge in [0, 0.05) is 41.0 Å². The van der Waals surface area contributed by atoms with E-state index in [1.54, 1.807) is 31.0 Å². The van der Waals surface area contributed by atoms with E-state index in [0.717, 1.165) is 38.9 Å². The highest BCUT2D eigenvalue weighted by molar-refractivity contribution is 5.96. The van der Waals surface area contributed by atoms with Crippen LogP contribution in [0.3, 0.4) is 0 Å². The van der Waals surface area contributed by atoms with Crippen LogP contribution in [0.2, 0.25) is 0 Å². The second-order valence-corrected chi connectivity index (χ2v) is 8.10. The zero-order chi connectivity index (χ0) is 23.5. The van der Waals surface area contributed by atoms with E-state index in [4.69, 9.17) is 9.15 Å². The Balaban J connectivity index is 1.34. The Labute approximate surface area is 197 Å². The molecule has 1 amide bonds. The third-order valence-electron chi connectivity index (χ3n) is 5.70. The molecule has 6 nitrogen and oxygen atoms in total. The van der Waals surface area contributed by atoms with Gasteiger partial charge in [-0.2, -0.15) is 0 Å². The fraction of sp³-hybridized carbons (Fsp3) is 0.107. The number of ether oxygens (including phenoxy) is 1. The molecule has 0 unspecified atom stereocenters. The van der Waals surface area contributed by atoms with Crippen LogP contribution in [-0.2, 0) is 6.54 Å². The SMILES string of the molecule is Cc1ccc2c(Oc3cccc(C(=O)NCc4ccnc(-c5ccoc5)c4)c3C)ccnc2c1. The van der Waals surface area contributed by atoms with Gasteiger partial charge < -0.3 is 14.5 Å². The summed E-state index contributed by atoms with van der Waals surface area (Å²) in [6.45, 7) is 4.30. The van der Waals surface area contributed by atoms with Crippen molar-refractivity contribution in [3.05, 3.63) is 108 Å². The molecule has 0 spiro atoms. The van der Waals surface area contributed by atoms with Crippen LogP contribution < -0.4 is 10.1 Å². The van der Waals surface area contributed by atoms with E-state index in [1.165, 1.54) is 0 Å². The second-order valence-electron chi connectivity index (χ2n) is 8.10. The lowest BCUT2D eigenvalue weighted by atomic mass is 10.1. The van der Waals surface area contributed by atoms with E-state index in [0.29, 0.717) is 23.6 Å². The first-order chi connectivity index (χ1) is 16.6. The first-order valence-electron chi connectivity index (χ1n) is 11.0. The number of hydrogen-bond acceptors (Lipinski definition) is 5.